The third-order valence-electron chi connectivity index (χ3n) is 5.54. The van der Waals surface area contributed by atoms with Gasteiger partial charge in [-0.2, -0.15) is 0 Å². The standard InChI is InChI=1S/C25H32N2O3/c1-2-3-15-26-25(29)22-13-9-16-27(18-22)24(28)19-30-23-14-8-7-12-21(23)17-20-10-5-4-6-11-20/h4-8,10-12,14,22H,2-3,9,13,15-19H2,1H3,(H,26,29). The topological polar surface area (TPSA) is 58.6 Å². The monoisotopic (exact) mass is 408 g/mol. The number of benzene rings is 2. The van der Waals surface area contributed by atoms with Crippen LogP contribution in [0.2, 0.25) is 0 Å². The first-order valence-corrected chi connectivity index (χ1v) is 11.0. The molecule has 2 aromatic rings. The van der Waals surface area contributed by atoms with Crippen LogP contribution >= 0.6 is 0 Å². The molecule has 1 unspecified atom stereocenters. The van der Waals surface area contributed by atoms with Gasteiger partial charge in [-0.05, 0) is 36.5 Å². The van der Waals surface area contributed by atoms with Crippen LogP contribution in [0.3, 0.4) is 0 Å². The van der Waals surface area contributed by atoms with Crippen LogP contribution in [0, 0.1) is 5.92 Å². The van der Waals surface area contributed by atoms with Gasteiger partial charge in [0.05, 0.1) is 5.92 Å². The van der Waals surface area contributed by atoms with Crippen molar-refractivity contribution in [2.24, 2.45) is 5.92 Å². The third-order valence-corrected chi connectivity index (χ3v) is 5.54. The Hall–Kier alpha value is -2.82. The quantitative estimate of drug-likeness (QED) is 0.642. The van der Waals surface area contributed by atoms with Gasteiger partial charge in [0, 0.05) is 26.1 Å². The van der Waals surface area contributed by atoms with Crippen LogP contribution in [0.4, 0.5) is 0 Å². The lowest BCUT2D eigenvalue weighted by atomic mass is 9.97. The van der Waals surface area contributed by atoms with Crippen LogP contribution in [0.5, 0.6) is 5.75 Å². The van der Waals surface area contributed by atoms with Gasteiger partial charge in [-0.25, -0.2) is 0 Å². The first-order valence-electron chi connectivity index (χ1n) is 11.0. The lowest BCUT2D eigenvalue weighted by Gasteiger charge is -2.32. The molecule has 2 aromatic carbocycles. The molecule has 0 spiro atoms. The predicted molar refractivity (Wildman–Crippen MR) is 118 cm³/mol. The molecule has 1 fully saturated rings. The lowest BCUT2D eigenvalue weighted by Crippen LogP contribution is -2.47. The number of nitrogens with zero attached hydrogens (tertiary/aromatic N) is 1. The Labute approximate surface area is 179 Å². The normalized spacial score (nSPS) is 16.2. The first-order chi connectivity index (χ1) is 14.7. The molecule has 1 aliphatic heterocycles. The predicted octanol–water partition coefficient (Wildman–Crippen LogP) is 3.81. The van der Waals surface area contributed by atoms with E-state index in [0.717, 1.165) is 43.4 Å². The van der Waals surface area contributed by atoms with Gasteiger partial charge >= 0.3 is 0 Å². The molecule has 3 rings (SSSR count). The Morgan fingerprint density at radius 2 is 1.87 bits per heavy atom. The minimum absolute atomic E-state index is 0.00399. The van der Waals surface area contributed by atoms with E-state index in [-0.39, 0.29) is 24.3 Å². The highest BCUT2D eigenvalue weighted by molar-refractivity contribution is 5.82. The van der Waals surface area contributed by atoms with E-state index in [1.807, 2.05) is 42.5 Å². The highest BCUT2D eigenvalue weighted by atomic mass is 16.5. The molecule has 1 aliphatic rings. The second kappa shape index (κ2) is 11.4. The maximum absolute atomic E-state index is 12.7. The van der Waals surface area contributed by atoms with E-state index >= 15 is 0 Å². The van der Waals surface area contributed by atoms with Gasteiger partial charge in [0.25, 0.3) is 5.91 Å². The maximum Gasteiger partial charge on any atom is 0.260 e. The van der Waals surface area contributed by atoms with Crippen molar-refractivity contribution >= 4 is 11.8 Å². The number of carbonyl (C=O) groups is 2. The van der Waals surface area contributed by atoms with Gasteiger partial charge in [0.15, 0.2) is 6.61 Å². The summed E-state index contributed by atoms with van der Waals surface area (Å²) in [6.45, 7) is 3.97. The zero-order chi connectivity index (χ0) is 21.2. The number of rotatable bonds is 9. The number of likely N-dealkylation sites (tertiary alicyclic amines) is 1. The summed E-state index contributed by atoms with van der Waals surface area (Å²) >= 11 is 0. The summed E-state index contributed by atoms with van der Waals surface area (Å²) in [7, 11) is 0. The Kier molecular flexibility index (Phi) is 8.30. The summed E-state index contributed by atoms with van der Waals surface area (Å²) in [6.07, 6.45) is 4.48. The Morgan fingerprint density at radius 3 is 2.67 bits per heavy atom. The second-order valence-electron chi connectivity index (χ2n) is 7.88. The number of para-hydroxylation sites is 1. The summed E-state index contributed by atoms with van der Waals surface area (Å²) in [5, 5.41) is 2.99. The molecule has 1 N–H and O–H groups in total. The number of hydrogen-bond donors (Lipinski definition) is 1. The minimum Gasteiger partial charge on any atom is -0.483 e. The van der Waals surface area contributed by atoms with Crippen LogP contribution in [0.1, 0.15) is 43.7 Å². The summed E-state index contributed by atoms with van der Waals surface area (Å²) in [5.41, 5.74) is 2.26. The number of unbranched alkanes of at least 4 members (excludes halogenated alkanes) is 1. The molecule has 30 heavy (non-hydrogen) atoms. The van der Waals surface area contributed by atoms with Crippen molar-refractivity contribution in [1.29, 1.82) is 0 Å². The molecule has 0 aromatic heterocycles. The first kappa shape index (κ1) is 21.9. The van der Waals surface area contributed by atoms with Crippen LogP contribution in [0.25, 0.3) is 0 Å². The number of hydrogen-bond acceptors (Lipinski definition) is 3. The molecule has 160 valence electrons. The number of nitrogens with one attached hydrogen (secondary N) is 1. The van der Waals surface area contributed by atoms with Crippen molar-refractivity contribution in [3.63, 3.8) is 0 Å². The number of amides is 2. The van der Waals surface area contributed by atoms with Gasteiger partial charge in [0.1, 0.15) is 5.75 Å². The summed E-state index contributed by atoms with van der Waals surface area (Å²) in [6, 6.07) is 18.1. The molecule has 0 saturated carbocycles. The van der Waals surface area contributed by atoms with Gasteiger partial charge in [0.2, 0.25) is 5.91 Å². The van der Waals surface area contributed by atoms with Crippen LogP contribution < -0.4 is 10.1 Å². The zero-order valence-electron chi connectivity index (χ0n) is 17.8. The lowest BCUT2D eigenvalue weighted by molar-refractivity contribution is -0.137. The molecule has 0 bridgehead atoms. The van der Waals surface area contributed by atoms with E-state index in [1.54, 1.807) is 4.90 Å². The molecule has 5 heteroatoms. The molecule has 2 amide bonds. The second-order valence-corrected chi connectivity index (χ2v) is 7.88. The van der Waals surface area contributed by atoms with Gasteiger partial charge in [-0.3, -0.25) is 9.59 Å². The average Bonchev–Trinajstić information content (AvgIpc) is 2.79. The summed E-state index contributed by atoms with van der Waals surface area (Å²) in [5.74, 6) is 0.621. The molecule has 1 atom stereocenters. The Balaban J connectivity index is 1.53. The minimum atomic E-state index is -0.120. The summed E-state index contributed by atoms with van der Waals surface area (Å²) in [4.78, 5) is 26.9. The van der Waals surface area contributed by atoms with Crippen molar-refractivity contribution < 1.29 is 14.3 Å². The van der Waals surface area contributed by atoms with E-state index in [0.29, 0.717) is 19.6 Å². The number of carbonyl (C=O) groups excluding carboxylic acids is 2. The molecular weight excluding hydrogens is 376 g/mol. The SMILES string of the molecule is CCCCNC(=O)C1CCCN(C(=O)COc2ccccc2Cc2ccccc2)C1. The van der Waals surface area contributed by atoms with Gasteiger partial charge < -0.3 is 15.0 Å². The Bertz CT molecular complexity index is 822. The van der Waals surface area contributed by atoms with E-state index in [4.69, 9.17) is 4.74 Å². The number of piperidine rings is 1. The van der Waals surface area contributed by atoms with Crippen molar-refractivity contribution in [2.45, 2.75) is 39.0 Å². The molecule has 0 aliphatic carbocycles. The average molecular weight is 409 g/mol. The molecule has 1 saturated heterocycles. The zero-order valence-corrected chi connectivity index (χ0v) is 17.8. The largest absolute Gasteiger partial charge is 0.483 e. The fraction of sp³-hybridized carbons (Fsp3) is 0.440. The molecular formula is C25H32N2O3. The highest BCUT2D eigenvalue weighted by Gasteiger charge is 2.28. The molecule has 5 nitrogen and oxygen atoms in total. The van der Waals surface area contributed by atoms with Crippen LogP contribution in [-0.4, -0.2) is 43.0 Å². The smallest absolute Gasteiger partial charge is 0.260 e. The fourth-order valence-corrected chi connectivity index (χ4v) is 3.79. The molecule has 1 heterocycles. The van der Waals surface area contributed by atoms with Gasteiger partial charge in [-0.15, -0.1) is 0 Å². The van der Waals surface area contributed by atoms with Crippen LogP contribution in [0.15, 0.2) is 54.6 Å². The van der Waals surface area contributed by atoms with Gasteiger partial charge in [-0.1, -0.05) is 61.9 Å². The number of ether oxygens (including phenoxy) is 1. The van der Waals surface area contributed by atoms with E-state index in [9.17, 15) is 9.59 Å². The highest BCUT2D eigenvalue weighted by Crippen LogP contribution is 2.22. The fourth-order valence-electron chi connectivity index (χ4n) is 3.79. The van der Waals surface area contributed by atoms with Crippen LogP contribution in [-0.2, 0) is 16.0 Å². The third kappa shape index (κ3) is 6.34. The van der Waals surface area contributed by atoms with Crippen molar-refractivity contribution in [1.82, 2.24) is 10.2 Å². The van der Waals surface area contributed by atoms with E-state index in [1.165, 1.54) is 5.56 Å². The maximum atomic E-state index is 12.7. The Morgan fingerprint density at radius 1 is 1.10 bits per heavy atom. The van der Waals surface area contributed by atoms with Crippen molar-refractivity contribution in [2.75, 3.05) is 26.2 Å². The van der Waals surface area contributed by atoms with E-state index in [2.05, 4.69) is 24.4 Å². The summed E-state index contributed by atoms with van der Waals surface area (Å²) < 4.78 is 5.91. The van der Waals surface area contributed by atoms with Crippen molar-refractivity contribution in [3.05, 3.63) is 65.7 Å². The van der Waals surface area contributed by atoms with Crippen molar-refractivity contribution in [3.8, 4) is 5.75 Å². The van der Waals surface area contributed by atoms with E-state index < -0.39 is 0 Å². The molecule has 0 radical (unpaired) electrons.